The summed E-state index contributed by atoms with van der Waals surface area (Å²) in [7, 11) is 0. The lowest BCUT2D eigenvalue weighted by atomic mass is 9.88. The van der Waals surface area contributed by atoms with E-state index in [1.807, 2.05) is 49.4 Å². The number of aliphatic carboxylic acids is 1. The zero-order valence-electron chi connectivity index (χ0n) is 11.7. The SMILES string of the molecule is CC(C(=O)O)(c1ccc2ccccc2c1)N1CCCC1. The third kappa shape index (κ3) is 1.98. The van der Waals surface area contributed by atoms with Gasteiger partial charge >= 0.3 is 5.97 Å². The molecule has 1 atom stereocenters. The molecular formula is C17H19NO2. The van der Waals surface area contributed by atoms with Crippen molar-refractivity contribution in [2.24, 2.45) is 0 Å². The molecule has 104 valence electrons. The highest BCUT2D eigenvalue weighted by molar-refractivity contribution is 5.87. The van der Waals surface area contributed by atoms with Crippen LogP contribution in [0.1, 0.15) is 25.3 Å². The Bertz CT molecular complexity index is 646. The number of rotatable bonds is 3. The van der Waals surface area contributed by atoms with E-state index in [0.717, 1.165) is 42.3 Å². The highest BCUT2D eigenvalue weighted by Crippen LogP contribution is 2.33. The largest absolute Gasteiger partial charge is 0.480 e. The molecule has 0 saturated carbocycles. The maximum atomic E-state index is 11.9. The van der Waals surface area contributed by atoms with Gasteiger partial charge in [-0.25, -0.2) is 4.79 Å². The molecule has 3 heteroatoms. The summed E-state index contributed by atoms with van der Waals surface area (Å²) in [5.74, 6) is -0.769. The van der Waals surface area contributed by atoms with Gasteiger partial charge in [0.1, 0.15) is 5.54 Å². The molecule has 1 aliphatic rings. The topological polar surface area (TPSA) is 40.5 Å². The number of fused-ring (bicyclic) bond motifs is 1. The van der Waals surface area contributed by atoms with E-state index in [2.05, 4.69) is 4.90 Å². The number of carboxylic acid groups (broad SMARTS) is 1. The molecule has 0 bridgehead atoms. The lowest BCUT2D eigenvalue weighted by Crippen LogP contribution is -2.48. The molecule has 2 aromatic carbocycles. The molecule has 0 spiro atoms. The molecule has 1 unspecified atom stereocenters. The molecule has 20 heavy (non-hydrogen) atoms. The first-order valence-electron chi connectivity index (χ1n) is 7.10. The lowest BCUT2D eigenvalue weighted by Gasteiger charge is -2.35. The molecule has 0 amide bonds. The minimum Gasteiger partial charge on any atom is -0.480 e. The number of carbonyl (C=O) groups is 1. The molecule has 1 heterocycles. The summed E-state index contributed by atoms with van der Waals surface area (Å²) in [6, 6.07) is 14.1. The summed E-state index contributed by atoms with van der Waals surface area (Å²) in [6.07, 6.45) is 2.16. The quantitative estimate of drug-likeness (QED) is 0.930. The highest BCUT2D eigenvalue weighted by Gasteiger charge is 2.42. The van der Waals surface area contributed by atoms with Gasteiger partial charge in [0.15, 0.2) is 0 Å². The highest BCUT2D eigenvalue weighted by atomic mass is 16.4. The maximum absolute atomic E-state index is 11.9. The minimum absolute atomic E-state index is 0.769. The smallest absolute Gasteiger partial charge is 0.328 e. The van der Waals surface area contributed by atoms with E-state index in [0.29, 0.717) is 0 Å². The van der Waals surface area contributed by atoms with Crippen molar-refractivity contribution in [3.05, 3.63) is 48.0 Å². The van der Waals surface area contributed by atoms with E-state index in [-0.39, 0.29) is 0 Å². The van der Waals surface area contributed by atoms with E-state index in [9.17, 15) is 9.90 Å². The fourth-order valence-corrected chi connectivity index (χ4v) is 3.10. The Kier molecular flexibility index (Phi) is 3.22. The summed E-state index contributed by atoms with van der Waals surface area (Å²) in [6.45, 7) is 3.54. The summed E-state index contributed by atoms with van der Waals surface area (Å²) in [4.78, 5) is 14.0. The van der Waals surface area contributed by atoms with Crippen LogP contribution < -0.4 is 0 Å². The Balaban J connectivity index is 2.11. The number of likely N-dealkylation sites (tertiary alicyclic amines) is 1. The average molecular weight is 269 g/mol. The Morgan fingerprint density at radius 3 is 2.40 bits per heavy atom. The monoisotopic (exact) mass is 269 g/mol. The van der Waals surface area contributed by atoms with E-state index < -0.39 is 11.5 Å². The lowest BCUT2D eigenvalue weighted by molar-refractivity contribution is -0.150. The minimum atomic E-state index is -0.930. The second-order valence-electron chi connectivity index (χ2n) is 5.63. The van der Waals surface area contributed by atoms with Gasteiger partial charge in [-0.1, -0.05) is 36.4 Å². The van der Waals surface area contributed by atoms with Crippen molar-refractivity contribution in [1.82, 2.24) is 4.90 Å². The van der Waals surface area contributed by atoms with Crippen LogP contribution in [0.2, 0.25) is 0 Å². The third-order valence-corrected chi connectivity index (χ3v) is 4.47. The molecule has 0 aromatic heterocycles. The molecule has 1 aliphatic heterocycles. The van der Waals surface area contributed by atoms with Crippen molar-refractivity contribution >= 4 is 16.7 Å². The van der Waals surface area contributed by atoms with Crippen LogP contribution >= 0.6 is 0 Å². The van der Waals surface area contributed by atoms with Crippen molar-refractivity contribution in [2.75, 3.05) is 13.1 Å². The van der Waals surface area contributed by atoms with Crippen LogP contribution in [-0.2, 0) is 10.3 Å². The Hall–Kier alpha value is -1.87. The first-order chi connectivity index (χ1) is 9.62. The zero-order valence-corrected chi connectivity index (χ0v) is 11.7. The van der Waals surface area contributed by atoms with E-state index in [4.69, 9.17) is 0 Å². The predicted octanol–water partition coefficient (Wildman–Crippen LogP) is 3.24. The molecule has 1 fully saturated rings. The van der Waals surface area contributed by atoms with Gasteiger partial charge in [0, 0.05) is 0 Å². The zero-order chi connectivity index (χ0) is 14.2. The summed E-state index contributed by atoms with van der Waals surface area (Å²) in [5, 5.41) is 12.0. The van der Waals surface area contributed by atoms with Crippen LogP contribution in [0, 0.1) is 0 Å². The van der Waals surface area contributed by atoms with Gasteiger partial charge in [0.05, 0.1) is 0 Å². The number of hydrogen-bond acceptors (Lipinski definition) is 2. The number of benzene rings is 2. The standard InChI is InChI=1S/C17H19NO2/c1-17(16(19)20,18-10-4-5-11-18)15-9-8-13-6-2-3-7-14(13)12-15/h2-3,6-9,12H,4-5,10-11H2,1H3,(H,19,20). The average Bonchev–Trinajstić information content (AvgIpc) is 3.00. The van der Waals surface area contributed by atoms with E-state index >= 15 is 0 Å². The summed E-state index contributed by atoms with van der Waals surface area (Å²) in [5.41, 5.74) is -0.0637. The van der Waals surface area contributed by atoms with Crippen LogP contribution in [0.3, 0.4) is 0 Å². The van der Waals surface area contributed by atoms with Gasteiger partial charge in [-0.15, -0.1) is 0 Å². The third-order valence-electron chi connectivity index (χ3n) is 4.47. The second kappa shape index (κ2) is 4.91. The van der Waals surface area contributed by atoms with Crippen LogP contribution in [0.25, 0.3) is 10.8 Å². The van der Waals surface area contributed by atoms with Crippen LogP contribution in [0.4, 0.5) is 0 Å². The molecule has 3 nitrogen and oxygen atoms in total. The molecule has 3 rings (SSSR count). The van der Waals surface area contributed by atoms with Gasteiger partial charge < -0.3 is 5.11 Å². The van der Waals surface area contributed by atoms with E-state index in [1.54, 1.807) is 0 Å². The second-order valence-corrected chi connectivity index (χ2v) is 5.63. The first kappa shape index (κ1) is 13.1. The Morgan fingerprint density at radius 2 is 1.75 bits per heavy atom. The van der Waals surface area contributed by atoms with Gasteiger partial charge in [0.25, 0.3) is 0 Å². The Morgan fingerprint density at radius 1 is 1.10 bits per heavy atom. The number of hydrogen-bond donors (Lipinski definition) is 1. The maximum Gasteiger partial charge on any atom is 0.328 e. The van der Waals surface area contributed by atoms with Crippen LogP contribution in [0.15, 0.2) is 42.5 Å². The fraction of sp³-hybridized carbons (Fsp3) is 0.353. The van der Waals surface area contributed by atoms with Crippen molar-refractivity contribution in [1.29, 1.82) is 0 Å². The van der Waals surface area contributed by atoms with Gasteiger partial charge in [0.2, 0.25) is 0 Å². The predicted molar refractivity (Wildman–Crippen MR) is 79.7 cm³/mol. The molecular weight excluding hydrogens is 250 g/mol. The fourth-order valence-electron chi connectivity index (χ4n) is 3.10. The van der Waals surface area contributed by atoms with Crippen LogP contribution in [0.5, 0.6) is 0 Å². The molecule has 1 saturated heterocycles. The molecule has 2 aromatic rings. The number of nitrogens with zero attached hydrogens (tertiary/aromatic N) is 1. The summed E-state index contributed by atoms with van der Waals surface area (Å²) < 4.78 is 0. The molecule has 1 N–H and O–H groups in total. The van der Waals surface area contributed by atoms with Crippen molar-refractivity contribution in [3.63, 3.8) is 0 Å². The van der Waals surface area contributed by atoms with Crippen molar-refractivity contribution in [3.8, 4) is 0 Å². The number of carboxylic acids is 1. The molecule has 0 aliphatic carbocycles. The van der Waals surface area contributed by atoms with Gasteiger partial charge in [-0.3, -0.25) is 4.90 Å². The van der Waals surface area contributed by atoms with Gasteiger partial charge in [-0.2, -0.15) is 0 Å². The van der Waals surface area contributed by atoms with Gasteiger partial charge in [-0.05, 0) is 55.3 Å². The Labute approximate surface area is 118 Å². The van der Waals surface area contributed by atoms with Crippen molar-refractivity contribution in [2.45, 2.75) is 25.3 Å². The first-order valence-corrected chi connectivity index (χ1v) is 7.10. The normalized spacial score (nSPS) is 19.1. The van der Waals surface area contributed by atoms with Crippen LogP contribution in [-0.4, -0.2) is 29.1 Å². The summed E-state index contributed by atoms with van der Waals surface area (Å²) >= 11 is 0. The van der Waals surface area contributed by atoms with E-state index in [1.165, 1.54) is 0 Å². The van der Waals surface area contributed by atoms with Crippen molar-refractivity contribution < 1.29 is 9.90 Å². The molecule has 0 radical (unpaired) electrons.